The second-order valence-electron chi connectivity index (χ2n) is 4.63. The van der Waals surface area contributed by atoms with E-state index in [0.717, 1.165) is 49.8 Å². The quantitative estimate of drug-likeness (QED) is 0.831. The lowest BCUT2D eigenvalue weighted by Gasteiger charge is -2.23. The van der Waals surface area contributed by atoms with E-state index >= 15 is 0 Å². The Kier molecular flexibility index (Phi) is 3.10. The van der Waals surface area contributed by atoms with Gasteiger partial charge in [0.05, 0.1) is 13.1 Å². The first-order valence-corrected chi connectivity index (χ1v) is 6.49. The lowest BCUT2D eigenvalue weighted by atomic mass is 10.1. The number of H-pyrrole nitrogens is 1. The fraction of sp³-hybridized carbons (Fsp3) is 0.583. The predicted octanol–water partition coefficient (Wildman–Crippen LogP) is 0.668. The first kappa shape index (κ1) is 11.4. The minimum atomic E-state index is 0.453. The van der Waals surface area contributed by atoms with E-state index in [0.29, 0.717) is 6.04 Å². The van der Waals surface area contributed by atoms with Gasteiger partial charge in [-0.25, -0.2) is 14.6 Å². The number of fused-ring (bicyclic) bond motifs is 1. The highest BCUT2D eigenvalue weighted by atomic mass is 15.4. The molecule has 3 rings (SSSR count). The molecular weight excluding hydrogens is 228 g/mol. The van der Waals surface area contributed by atoms with Gasteiger partial charge >= 0.3 is 0 Å². The summed E-state index contributed by atoms with van der Waals surface area (Å²) in [7, 11) is 0. The highest BCUT2D eigenvalue weighted by Gasteiger charge is 2.20. The van der Waals surface area contributed by atoms with Crippen molar-refractivity contribution >= 4 is 0 Å². The molecule has 0 spiro atoms. The smallest absolute Gasteiger partial charge is 0.150 e. The molecule has 2 N–H and O–H groups in total. The molecule has 1 aliphatic heterocycles. The molecule has 0 amide bonds. The van der Waals surface area contributed by atoms with Crippen molar-refractivity contribution in [1.82, 2.24) is 30.0 Å². The molecule has 6 heteroatoms. The number of hydrogen-bond donors (Lipinski definition) is 2. The molecule has 0 saturated heterocycles. The Bertz CT molecular complexity index is 501. The summed E-state index contributed by atoms with van der Waals surface area (Å²) in [5.41, 5.74) is 0. The molecule has 1 aliphatic rings. The van der Waals surface area contributed by atoms with Crippen molar-refractivity contribution in [3.8, 4) is 0 Å². The van der Waals surface area contributed by atoms with Crippen LogP contribution in [0.3, 0.4) is 0 Å². The van der Waals surface area contributed by atoms with Gasteiger partial charge in [-0.15, -0.1) is 0 Å². The van der Waals surface area contributed by atoms with E-state index < -0.39 is 0 Å². The van der Waals surface area contributed by atoms with Gasteiger partial charge in [0.2, 0.25) is 0 Å². The molecule has 0 aromatic carbocycles. The number of rotatable bonds is 4. The van der Waals surface area contributed by atoms with Crippen LogP contribution in [0.2, 0.25) is 0 Å². The molecule has 2 aromatic rings. The van der Waals surface area contributed by atoms with Crippen LogP contribution in [0.25, 0.3) is 0 Å². The average molecular weight is 246 g/mol. The number of nitrogens with zero attached hydrogens (tertiary/aromatic N) is 4. The third-order valence-electron chi connectivity index (χ3n) is 3.33. The van der Waals surface area contributed by atoms with E-state index in [4.69, 9.17) is 0 Å². The third kappa shape index (κ3) is 2.28. The SMILES string of the molecule is CCc1nc2n(n1)CC(NCc1ncc[nH]1)CC2. The summed E-state index contributed by atoms with van der Waals surface area (Å²) < 4.78 is 2.04. The van der Waals surface area contributed by atoms with Crippen molar-refractivity contribution < 1.29 is 0 Å². The van der Waals surface area contributed by atoms with Crippen molar-refractivity contribution in [2.75, 3.05) is 0 Å². The fourth-order valence-corrected chi connectivity index (χ4v) is 2.31. The minimum Gasteiger partial charge on any atom is -0.348 e. The Hall–Kier alpha value is -1.69. The van der Waals surface area contributed by atoms with Gasteiger partial charge in [-0.05, 0) is 6.42 Å². The number of aromatic amines is 1. The molecule has 18 heavy (non-hydrogen) atoms. The van der Waals surface area contributed by atoms with Crippen molar-refractivity contribution in [2.24, 2.45) is 0 Å². The van der Waals surface area contributed by atoms with Gasteiger partial charge in [0.1, 0.15) is 11.6 Å². The van der Waals surface area contributed by atoms with Crippen molar-refractivity contribution in [3.05, 3.63) is 29.9 Å². The van der Waals surface area contributed by atoms with Crippen LogP contribution in [-0.4, -0.2) is 30.8 Å². The molecule has 3 heterocycles. The van der Waals surface area contributed by atoms with E-state index in [1.54, 1.807) is 6.20 Å². The predicted molar refractivity (Wildman–Crippen MR) is 66.9 cm³/mol. The largest absolute Gasteiger partial charge is 0.348 e. The number of nitrogens with one attached hydrogen (secondary N) is 2. The lowest BCUT2D eigenvalue weighted by molar-refractivity contribution is 0.355. The van der Waals surface area contributed by atoms with E-state index in [1.165, 1.54) is 0 Å². The van der Waals surface area contributed by atoms with Gasteiger partial charge in [-0.1, -0.05) is 6.92 Å². The zero-order chi connectivity index (χ0) is 12.4. The van der Waals surface area contributed by atoms with Crippen LogP contribution < -0.4 is 5.32 Å². The van der Waals surface area contributed by atoms with Gasteiger partial charge in [-0.3, -0.25) is 0 Å². The number of imidazole rings is 1. The molecule has 0 bridgehead atoms. The molecule has 96 valence electrons. The maximum Gasteiger partial charge on any atom is 0.150 e. The van der Waals surface area contributed by atoms with Crippen molar-refractivity contribution in [2.45, 2.75) is 45.3 Å². The minimum absolute atomic E-state index is 0.453. The standard InChI is InChI=1S/C12H18N6/c1-2-10-16-12-4-3-9(8-18(12)17-10)15-7-11-13-5-6-14-11/h5-6,9,15H,2-4,7-8H2,1H3,(H,13,14). The molecule has 1 atom stereocenters. The van der Waals surface area contributed by atoms with Crippen LogP contribution in [0.1, 0.15) is 30.8 Å². The maximum absolute atomic E-state index is 4.52. The zero-order valence-electron chi connectivity index (χ0n) is 10.6. The molecule has 0 fully saturated rings. The van der Waals surface area contributed by atoms with Crippen molar-refractivity contribution in [1.29, 1.82) is 0 Å². The molecule has 0 aliphatic carbocycles. The Labute approximate surface area is 106 Å². The first-order valence-electron chi connectivity index (χ1n) is 6.49. The molecule has 2 aromatic heterocycles. The number of hydrogen-bond acceptors (Lipinski definition) is 4. The van der Waals surface area contributed by atoms with E-state index in [-0.39, 0.29) is 0 Å². The lowest BCUT2D eigenvalue weighted by Crippen LogP contribution is -2.37. The second-order valence-corrected chi connectivity index (χ2v) is 4.63. The average Bonchev–Trinajstić information content (AvgIpc) is 3.04. The Morgan fingerprint density at radius 1 is 1.56 bits per heavy atom. The summed E-state index contributed by atoms with van der Waals surface area (Å²) in [6, 6.07) is 0.453. The van der Waals surface area contributed by atoms with E-state index in [9.17, 15) is 0 Å². The summed E-state index contributed by atoms with van der Waals surface area (Å²) in [5, 5.41) is 8.02. The first-order chi connectivity index (χ1) is 8.85. The zero-order valence-corrected chi connectivity index (χ0v) is 10.6. The number of aromatic nitrogens is 5. The molecule has 0 radical (unpaired) electrons. The van der Waals surface area contributed by atoms with Crippen LogP contribution >= 0.6 is 0 Å². The summed E-state index contributed by atoms with van der Waals surface area (Å²) in [4.78, 5) is 11.8. The second kappa shape index (κ2) is 4.89. The van der Waals surface area contributed by atoms with Gasteiger partial charge in [0, 0.05) is 31.3 Å². The maximum atomic E-state index is 4.52. The van der Waals surface area contributed by atoms with Crippen LogP contribution in [0.5, 0.6) is 0 Å². The monoisotopic (exact) mass is 246 g/mol. The molecular formula is C12H18N6. The summed E-state index contributed by atoms with van der Waals surface area (Å²) in [5.74, 6) is 3.06. The van der Waals surface area contributed by atoms with Crippen molar-refractivity contribution in [3.63, 3.8) is 0 Å². The fourth-order valence-electron chi connectivity index (χ4n) is 2.31. The van der Waals surface area contributed by atoms with Crippen LogP contribution in [0, 0.1) is 0 Å². The van der Waals surface area contributed by atoms with Crippen LogP contribution in [-0.2, 0) is 25.9 Å². The topological polar surface area (TPSA) is 71.4 Å². The van der Waals surface area contributed by atoms with E-state index in [2.05, 4.69) is 32.3 Å². The van der Waals surface area contributed by atoms with Gasteiger partial charge in [0.15, 0.2) is 5.82 Å². The summed E-state index contributed by atoms with van der Waals surface area (Å²) in [6.07, 6.45) is 6.65. The molecule has 0 saturated carbocycles. The highest BCUT2D eigenvalue weighted by Crippen LogP contribution is 2.13. The van der Waals surface area contributed by atoms with E-state index in [1.807, 2.05) is 10.9 Å². The summed E-state index contributed by atoms with van der Waals surface area (Å²) >= 11 is 0. The molecule has 6 nitrogen and oxygen atoms in total. The van der Waals surface area contributed by atoms with Crippen LogP contribution in [0.4, 0.5) is 0 Å². The molecule has 1 unspecified atom stereocenters. The summed E-state index contributed by atoms with van der Waals surface area (Å²) in [6.45, 7) is 3.78. The Morgan fingerprint density at radius 2 is 2.50 bits per heavy atom. The third-order valence-corrected chi connectivity index (χ3v) is 3.33. The van der Waals surface area contributed by atoms with Gasteiger partial charge in [0.25, 0.3) is 0 Å². The van der Waals surface area contributed by atoms with Gasteiger partial charge < -0.3 is 10.3 Å². The Balaban J connectivity index is 1.60. The Morgan fingerprint density at radius 3 is 3.28 bits per heavy atom. The highest BCUT2D eigenvalue weighted by molar-refractivity contribution is 4.98. The normalized spacial score (nSPS) is 18.8. The van der Waals surface area contributed by atoms with Crippen LogP contribution in [0.15, 0.2) is 12.4 Å². The van der Waals surface area contributed by atoms with Gasteiger partial charge in [-0.2, -0.15) is 5.10 Å². The number of aryl methyl sites for hydroxylation is 2.